The predicted octanol–water partition coefficient (Wildman–Crippen LogP) is 8.85. The number of ether oxygens (including phenoxy) is 2. The van der Waals surface area contributed by atoms with Crippen LogP contribution in [-0.2, 0) is 19.3 Å². The molecule has 0 N–H and O–H groups in total. The van der Waals surface area contributed by atoms with Crippen LogP contribution in [-0.4, -0.2) is 6.16 Å². The third-order valence-electron chi connectivity index (χ3n) is 5.97. The van der Waals surface area contributed by atoms with Gasteiger partial charge in [0.25, 0.3) is 0 Å². The third-order valence-corrected chi connectivity index (χ3v) is 5.97. The van der Waals surface area contributed by atoms with E-state index in [1.165, 1.54) is 56.1 Å². The Balaban J connectivity index is 2.09. The third kappa shape index (κ3) is 9.06. The minimum atomic E-state index is -0.645. The van der Waals surface area contributed by atoms with Gasteiger partial charge in [-0.1, -0.05) is 96.0 Å². The van der Waals surface area contributed by atoms with Crippen molar-refractivity contribution < 1.29 is 14.3 Å². The van der Waals surface area contributed by atoms with Gasteiger partial charge in [0.1, 0.15) is 11.5 Å². The molecular formula is C29H42O3. The molecule has 0 bridgehead atoms. The molecule has 0 atom stereocenters. The normalized spacial score (nSPS) is 10.8. The Kier molecular flexibility index (Phi) is 12.6. The van der Waals surface area contributed by atoms with Crippen molar-refractivity contribution in [3.63, 3.8) is 0 Å². The van der Waals surface area contributed by atoms with Gasteiger partial charge in [-0.15, -0.1) is 0 Å². The van der Waals surface area contributed by atoms with E-state index in [1.54, 1.807) is 0 Å². The van der Waals surface area contributed by atoms with Gasteiger partial charge >= 0.3 is 6.16 Å². The molecule has 176 valence electrons. The van der Waals surface area contributed by atoms with Crippen molar-refractivity contribution in [1.29, 1.82) is 0 Å². The Hall–Kier alpha value is -2.29. The van der Waals surface area contributed by atoms with E-state index in [4.69, 9.17) is 9.47 Å². The van der Waals surface area contributed by atoms with Crippen LogP contribution in [0.5, 0.6) is 11.5 Å². The minimum absolute atomic E-state index is 0.612. The molecule has 0 saturated heterocycles. The smallest absolute Gasteiger partial charge is 0.394 e. The van der Waals surface area contributed by atoms with Crippen LogP contribution in [0.4, 0.5) is 4.79 Å². The SMILES string of the molecule is CCCCCCc1ccccc1OC(=O)Oc1cccc(CCCCC)c1CCCCC. The highest BCUT2D eigenvalue weighted by molar-refractivity contribution is 5.68. The van der Waals surface area contributed by atoms with E-state index in [2.05, 4.69) is 26.8 Å². The van der Waals surface area contributed by atoms with Gasteiger partial charge in [-0.2, -0.15) is 0 Å². The second-order valence-corrected chi connectivity index (χ2v) is 8.68. The number of hydrogen-bond acceptors (Lipinski definition) is 3. The largest absolute Gasteiger partial charge is 0.519 e. The zero-order chi connectivity index (χ0) is 23.0. The van der Waals surface area contributed by atoms with Gasteiger partial charge in [-0.05, 0) is 67.3 Å². The Bertz CT molecular complexity index is 797. The summed E-state index contributed by atoms with van der Waals surface area (Å²) in [7, 11) is 0. The van der Waals surface area contributed by atoms with Crippen LogP contribution >= 0.6 is 0 Å². The van der Waals surface area contributed by atoms with Crippen molar-refractivity contribution >= 4 is 6.16 Å². The quantitative estimate of drug-likeness (QED) is 0.158. The Morgan fingerprint density at radius 1 is 0.594 bits per heavy atom. The van der Waals surface area contributed by atoms with E-state index in [0.717, 1.165) is 44.1 Å². The molecule has 0 aliphatic rings. The zero-order valence-corrected chi connectivity index (χ0v) is 20.5. The second kappa shape index (κ2) is 15.5. The maximum Gasteiger partial charge on any atom is 0.519 e. The van der Waals surface area contributed by atoms with Gasteiger partial charge in [0.05, 0.1) is 0 Å². The van der Waals surface area contributed by atoms with E-state index in [1.807, 2.05) is 36.4 Å². The number of carbonyl (C=O) groups excluding carboxylic acids is 1. The van der Waals surface area contributed by atoms with Crippen LogP contribution in [0.2, 0.25) is 0 Å². The fourth-order valence-electron chi connectivity index (χ4n) is 4.09. The van der Waals surface area contributed by atoms with E-state index in [9.17, 15) is 4.79 Å². The molecular weight excluding hydrogens is 396 g/mol. The van der Waals surface area contributed by atoms with Crippen molar-refractivity contribution in [2.45, 2.75) is 104 Å². The van der Waals surface area contributed by atoms with Crippen molar-refractivity contribution in [3.05, 3.63) is 59.2 Å². The summed E-state index contributed by atoms with van der Waals surface area (Å²) in [6.45, 7) is 6.64. The first-order valence-corrected chi connectivity index (χ1v) is 12.8. The molecule has 32 heavy (non-hydrogen) atoms. The fourth-order valence-corrected chi connectivity index (χ4v) is 4.09. The first-order valence-electron chi connectivity index (χ1n) is 12.8. The highest BCUT2D eigenvalue weighted by Crippen LogP contribution is 2.28. The molecule has 0 fully saturated rings. The Morgan fingerprint density at radius 3 is 1.88 bits per heavy atom. The first-order chi connectivity index (χ1) is 15.7. The molecule has 0 amide bonds. The Morgan fingerprint density at radius 2 is 1.12 bits per heavy atom. The second-order valence-electron chi connectivity index (χ2n) is 8.68. The van der Waals surface area contributed by atoms with Gasteiger partial charge in [-0.25, -0.2) is 4.79 Å². The lowest BCUT2D eigenvalue weighted by Crippen LogP contribution is -2.16. The van der Waals surface area contributed by atoms with E-state index in [-0.39, 0.29) is 0 Å². The fraction of sp³-hybridized carbons (Fsp3) is 0.552. The van der Waals surface area contributed by atoms with Crippen LogP contribution in [0.15, 0.2) is 42.5 Å². The monoisotopic (exact) mass is 438 g/mol. The molecule has 3 nitrogen and oxygen atoms in total. The number of unbranched alkanes of at least 4 members (excludes halogenated alkanes) is 7. The topological polar surface area (TPSA) is 35.5 Å². The van der Waals surface area contributed by atoms with Crippen molar-refractivity contribution in [2.24, 2.45) is 0 Å². The predicted molar refractivity (Wildman–Crippen MR) is 134 cm³/mol. The van der Waals surface area contributed by atoms with Gasteiger partial charge in [0, 0.05) is 0 Å². The number of rotatable bonds is 15. The summed E-state index contributed by atoms with van der Waals surface area (Å²) in [6.07, 6.45) is 14.0. The molecule has 2 rings (SSSR count). The molecule has 0 heterocycles. The molecule has 0 aliphatic heterocycles. The molecule has 0 unspecified atom stereocenters. The summed E-state index contributed by atoms with van der Waals surface area (Å²) in [5, 5.41) is 0. The first kappa shape index (κ1) is 26.0. The van der Waals surface area contributed by atoms with Crippen LogP contribution in [0.1, 0.15) is 102 Å². The summed E-state index contributed by atoms with van der Waals surface area (Å²) in [4.78, 5) is 12.7. The summed E-state index contributed by atoms with van der Waals surface area (Å²) in [5.74, 6) is 1.26. The van der Waals surface area contributed by atoms with E-state index >= 15 is 0 Å². The molecule has 0 spiro atoms. The standard InChI is InChI=1S/C29H42O3/c1-4-7-10-13-18-25-19-14-15-22-27(25)31-29(30)32-28-23-16-20-24(17-11-8-5-2)26(28)21-12-9-6-3/h14-16,19-20,22-23H,4-13,17-18,21H2,1-3H3. The molecule has 2 aromatic carbocycles. The Labute approximate surface area is 195 Å². The lowest BCUT2D eigenvalue weighted by Gasteiger charge is -2.15. The molecule has 0 saturated carbocycles. The van der Waals surface area contributed by atoms with Crippen LogP contribution in [0.25, 0.3) is 0 Å². The molecule has 3 heteroatoms. The van der Waals surface area contributed by atoms with E-state index < -0.39 is 6.16 Å². The summed E-state index contributed by atoms with van der Waals surface area (Å²) in [5.41, 5.74) is 3.54. The number of aryl methyl sites for hydroxylation is 2. The summed E-state index contributed by atoms with van der Waals surface area (Å²) in [6, 6.07) is 13.9. The lowest BCUT2D eigenvalue weighted by atomic mass is 9.96. The summed E-state index contributed by atoms with van der Waals surface area (Å²) < 4.78 is 11.4. The van der Waals surface area contributed by atoms with Gasteiger partial charge in [0.2, 0.25) is 0 Å². The maximum absolute atomic E-state index is 12.7. The van der Waals surface area contributed by atoms with Crippen LogP contribution in [0.3, 0.4) is 0 Å². The van der Waals surface area contributed by atoms with Crippen molar-refractivity contribution in [3.8, 4) is 11.5 Å². The van der Waals surface area contributed by atoms with Gasteiger partial charge in [0.15, 0.2) is 0 Å². The van der Waals surface area contributed by atoms with Gasteiger partial charge < -0.3 is 9.47 Å². The number of carbonyl (C=O) groups is 1. The van der Waals surface area contributed by atoms with Gasteiger partial charge in [-0.3, -0.25) is 0 Å². The van der Waals surface area contributed by atoms with Crippen LogP contribution < -0.4 is 9.47 Å². The number of para-hydroxylation sites is 1. The van der Waals surface area contributed by atoms with Crippen LogP contribution in [0, 0.1) is 0 Å². The molecule has 0 radical (unpaired) electrons. The highest BCUT2D eigenvalue weighted by Gasteiger charge is 2.16. The van der Waals surface area contributed by atoms with E-state index in [0.29, 0.717) is 11.5 Å². The average molecular weight is 439 g/mol. The molecule has 0 aromatic heterocycles. The lowest BCUT2D eigenvalue weighted by molar-refractivity contribution is 0.151. The number of benzene rings is 2. The minimum Gasteiger partial charge on any atom is -0.394 e. The number of hydrogen-bond donors (Lipinski definition) is 0. The van der Waals surface area contributed by atoms with Crippen molar-refractivity contribution in [2.75, 3.05) is 0 Å². The van der Waals surface area contributed by atoms with Crippen molar-refractivity contribution in [1.82, 2.24) is 0 Å². The molecule has 2 aromatic rings. The highest BCUT2D eigenvalue weighted by atomic mass is 16.7. The molecule has 0 aliphatic carbocycles. The average Bonchev–Trinajstić information content (AvgIpc) is 2.79. The summed E-state index contributed by atoms with van der Waals surface area (Å²) >= 11 is 0. The zero-order valence-electron chi connectivity index (χ0n) is 20.5. The maximum atomic E-state index is 12.7.